The number of aliphatic hydroxyl groups excluding tert-OH is 1. The van der Waals surface area contributed by atoms with Gasteiger partial charge in [-0.3, -0.25) is 5.26 Å². The Bertz CT molecular complexity index is 131. The van der Waals surface area contributed by atoms with Gasteiger partial charge >= 0.3 is 0 Å². The lowest BCUT2D eigenvalue weighted by Crippen LogP contribution is -2.40. The molecule has 0 saturated heterocycles. The molecule has 0 amide bonds. The summed E-state index contributed by atoms with van der Waals surface area (Å²) in [5.74, 6) is 0. The van der Waals surface area contributed by atoms with E-state index in [4.69, 9.17) is 10.4 Å². The van der Waals surface area contributed by atoms with Crippen molar-refractivity contribution in [2.24, 2.45) is 0 Å². The van der Waals surface area contributed by atoms with Gasteiger partial charge < -0.3 is 5.11 Å². The third-order valence-electron chi connectivity index (χ3n) is 1.83. The zero-order valence-electron chi connectivity index (χ0n) is 6.59. The van der Waals surface area contributed by atoms with Crippen molar-refractivity contribution in [3.63, 3.8) is 0 Å². The Morgan fingerprint density at radius 1 is 1.70 bits per heavy atom. The molecule has 0 aliphatic carbocycles. The van der Waals surface area contributed by atoms with Crippen LogP contribution in [0.4, 0.5) is 0 Å². The molecule has 3 nitrogen and oxygen atoms in total. The van der Waals surface area contributed by atoms with E-state index in [2.05, 4.69) is 11.5 Å². The Morgan fingerprint density at radius 3 is 2.10 bits per heavy atom. The number of aliphatic hydroxyl groups is 1. The lowest BCUT2D eigenvalue weighted by molar-refractivity contribution is -0.324. The molecule has 0 rings (SSSR count). The third kappa shape index (κ3) is 1.56. The molecule has 10 heavy (non-hydrogen) atoms. The van der Waals surface area contributed by atoms with E-state index in [0.29, 0.717) is 5.57 Å². The Kier molecular flexibility index (Phi) is 3.02. The molecule has 0 aromatic carbocycles. The van der Waals surface area contributed by atoms with Crippen LogP contribution in [-0.2, 0) is 4.89 Å². The Labute approximate surface area is 60.9 Å². The van der Waals surface area contributed by atoms with Crippen LogP contribution >= 0.6 is 0 Å². The van der Waals surface area contributed by atoms with Crippen molar-refractivity contribution >= 4 is 0 Å². The SMILES string of the molecule is C=C(C)[C@](C)(OO)[C@H](C)O. The topological polar surface area (TPSA) is 49.7 Å². The molecular formula is C7H14O3. The van der Waals surface area contributed by atoms with Crippen molar-refractivity contribution in [3.8, 4) is 0 Å². The first-order valence-corrected chi connectivity index (χ1v) is 3.11. The second kappa shape index (κ2) is 3.14. The largest absolute Gasteiger partial charge is 0.390 e. The predicted molar refractivity (Wildman–Crippen MR) is 38.6 cm³/mol. The summed E-state index contributed by atoms with van der Waals surface area (Å²) in [7, 11) is 0. The van der Waals surface area contributed by atoms with Crippen LogP contribution in [0.5, 0.6) is 0 Å². The minimum absolute atomic E-state index is 0.588. The van der Waals surface area contributed by atoms with E-state index in [1.807, 2.05) is 0 Å². The van der Waals surface area contributed by atoms with Crippen molar-refractivity contribution in [3.05, 3.63) is 12.2 Å². The summed E-state index contributed by atoms with van der Waals surface area (Å²) >= 11 is 0. The van der Waals surface area contributed by atoms with Crippen LogP contribution in [-0.4, -0.2) is 22.1 Å². The van der Waals surface area contributed by atoms with Gasteiger partial charge in [-0.1, -0.05) is 6.58 Å². The van der Waals surface area contributed by atoms with Gasteiger partial charge in [0.15, 0.2) is 0 Å². The van der Waals surface area contributed by atoms with Crippen LogP contribution in [0.25, 0.3) is 0 Å². The molecular weight excluding hydrogens is 132 g/mol. The van der Waals surface area contributed by atoms with Gasteiger partial charge in [-0.2, -0.15) is 0 Å². The first kappa shape index (κ1) is 9.62. The van der Waals surface area contributed by atoms with E-state index in [1.165, 1.54) is 6.92 Å². The first-order chi connectivity index (χ1) is 4.45. The normalized spacial score (nSPS) is 19.7. The molecule has 0 spiro atoms. The lowest BCUT2D eigenvalue weighted by Gasteiger charge is -2.28. The molecule has 0 aliphatic rings. The number of rotatable bonds is 3. The Morgan fingerprint density at radius 2 is 2.10 bits per heavy atom. The van der Waals surface area contributed by atoms with E-state index in [-0.39, 0.29) is 0 Å². The maximum Gasteiger partial charge on any atom is 0.146 e. The van der Waals surface area contributed by atoms with Crippen LogP contribution in [0.15, 0.2) is 12.2 Å². The Hall–Kier alpha value is -0.380. The summed E-state index contributed by atoms with van der Waals surface area (Å²) in [6, 6.07) is 0. The number of hydrogen-bond acceptors (Lipinski definition) is 3. The zero-order chi connectivity index (χ0) is 8.36. The lowest BCUT2D eigenvalue weighted by atomic mass is 9.93. The van der Waals surface area contributed by atoms with Crippen LogP contribution in [0.3, 0.4) is 0 Å². The highest BCUT2D eigenvalue weighted by molar-refractivity contribution is 5.10. The van der Waals surface area contributed by atoms with Gasteiger partial charge in [0.25, 0.3) is 0 Å². The summed E-state index contributed by atoms with van der Waals surface area (Å²) in [5, 5.41) is 17.5. The number of hydrogen-bond donors (Lipinski definition) is 2. The van der Waals surface area contributed by atoms with Crippen LogP contribution in [0.1, 0.15) is 20.8 Å². The fraction of sp³-hybridized carbons (Fsp3) is 0.714. The second-order valence-corrected chi connectivity index (χ2v) is 2.65. The fourth-order valence-electron chi connectivity index (χ4n) is 0.511. The summed E-state index contributed by atoms with van der Waals surface area (Å²) in [5.41, 5.74) is -0.454. The Balaban J connectivity index is 4.38. The van der Waals surface area contributed by atoms with Gasteiger partial charge in [0.1, 0.15) is 5.60 Å². The third-order valence-corrected chi connectivity index (χ3v) is 1.83. The highest BCUT2D eigenvalue weighted by Gasteiger charge is 2.32. The van der Waals surface area contributed by atoms with Crippen LogP contribution in [0.2, 0.25) is 0 Å². The van der Waals surface area contributed by atoms with E-state index in [1.54, 1.807) is 13.8 Å². The standard InChI is InChI=1S/C7H14O3/c1-5(2)7(4,10-9)6(3)8/h6,8-9H,1H2,2-4H3/t6-,7-/m0/s1. The summed E-state index contributed by atoms with van der Waals surface area (Å²) in [6.07, 6.45) is -0.769. The van der Waals surface area contributed by atoms with E-state index >= 15 is 0 Å². The average molecular weight is 146 g/mol. The van der Waals surface area contributed by atoms with Gasteiger partial charge in [-0.25, -0.2) is 4.89 Å². The van der Waals surface area contributed by atoms with Gasteiger partial charge in [-0.05, 0) is 26.3 Å². The molecule has 2 atom stereocenters. The molecule has 0 aromatic rings. The van der Waals surface area contributed by atoms with Gasteiger partial charge in [0.2, 0.25) is 0 Å². The second-order valence-electron chi connectivity index (χ2n) is 2.65. The van der Waals surface area contributed by atoms with Crippen molar-refractivity contribution in [1.82, 2.24) is 0 Å². The molecule has 0 heterocycles. The van der Waals surface area contributed by atoms with Crippen molar-refractivity contribution < 1.29 is 15.3 Å². The smallest absolute Gasteiger partial charge is 0.146 e. The highest BCUT2D eigenvalue weighted by Crippen LogP contribution is 2.22. The summed E-state index contributed by atoms with van der Waals surface area (Å²) < 4.78 is 0. The molecule has 0 fully saturated rings. The maximum absolute atomic E-state index is 9.10. The molecule has 0 aromatic heterocycles. The van der Waals surface area contributed by atoms with E-state index in [0.717, 1.165) is 0 Å². The molecule has 2 N–H and O–H groups in total. The summed E-state index contributed by atoms with van der Waals surface area (Å²) in [4.78, 5) is 4.11. The van der Waals surface area contributed by atoms with E-state index in [9.17, 15) is 0 Å². The maximum atomic E-state index is 9.10. The zero-order valence-corrected chi connectivity index (χ0v) is 6.59. The molecule has 0 bridgehead atoms. The van der Waals surface area contributed by atoms with Crippen LogP contribution in [0, 0.1) is 0 Å². The average Bonchev–Trinajstić information content (AvgIpc) is 1.85. The minimum Gasteiger partial charge on any atom is -0.390 e. The molecule has 60 valence electrons. The molecule has 0 radical (unpaired) electrons. The van der Waals surface area contributed by atoms with Crippen LogP contribution < -0.4 is 0 Å². The summed E-state index contributed by atoms with van der Waals surface area (Å²) in [6.45, 7) is 8.36. The van der Waals surface area contributed by atoms with E-state index < -0.39 is 11.7 Å². The van der Waals surface area contributed by atoms with Gasteiger partial charge in [0.05, 0.1) is 6.10 Å². The minimum atomic E-state index is -1.04. The molecule has 0 unspecified atom stereocenters. The van der Waals surface area contributed by atoms with Gasteiger partial charge in [0, 0.05) is 0 Å². The van der Waals surface area contributed by atoms with Gasteiger partial charge in [-0.15, -0.1) is 0 Å². The monoisotopic (exact) mass is 146 g/mol. The highest BCUT2D eigenvalue weighted by atomic mass is 17.1. The van der Waals surface area contributed by atoms with Crippen molar-refractivity contribution in [2.75, 3.05) is 0 Å². The van der Waals surface area contributed by atoms with Crippen molar-refractivity contribution in [1.29, 1.82) is 0 Å². The first-order valence-electron chi connectivity index (χ1n) is 3.11. The molecule has 3 heteroatoms. The fourth-order valence-corrected chi connectivity index (χ4v) is 0.511. The quantitative estimate of drug-likeness (QED) is 0.357. The van der Waals surface area contributed by atoms with Crippen molar-refractivity contribution in [2.45, 2.75) is 32.5 Å². The molecule has 0 saturated carbocycles. The predicted octanol–water partition coefficient (Wildman–Crippen LogP) is 1.19. The molecule has 0 aliphatic heterocycles.